The van der Waals surface area contributed by atoms with Crippen LogP contribution >= 0.6 is 0 Å². The van der Waals surface area contributed by atoms with E-state index in [4.69, 9.17) is 0 Å². The Balaban J connectivity index is 1.98. The average Bonchev–Trinajstić information content (AvgIpc) is 3.04. The van der Waals surface area contributed by atoms with Crippen LogP contribution in [0.2, 0.25) is 0 Å². The van der Waals surface area contributed by atoms with Crippen molar-refractivity contribution in [2.24, 2.45) is 0 Å². The molecule has 0 bridgehead atoms. The first kappa shape index (κ1) is 17.2. The van der Waals surface area contributed by atoms with E-state index in [1.165, 1.54) is 37.3 Å². The van der Waals surface area contributed by atoms with E-state index in [2.05, 4.69) is 9.47 Å². The summed E-state index contributed by atoms with van der Waals surface area (Å²) in [7, 11) is 0. The van der Waals surface area contributed by atoms with Crippen LogP contribution in [0.5, 0.6) is 0 Å². The van der Waals surface area contributed by atoms with Crippen molar-refractivity contribution in [2.45, 2.75) is 13.8 Å². The van der Waals surface area contributed by atoms with Crippen LogP contribution in [0.15, 0.2) is 53.1 Å². The molecule has 0 aromatic heterocycles. The second-order valence-electron chi connectivity index (χ2n) is 5.60. The van der Waals surface area contributed by atoms with Crippen molar-refractivity contribution >= 4 is 29.7 Å². The summed E-state index contributed by atoms with van der Waals surface area (Å²) in [4.78, 5) is 59.1. The molecule has 3 rings (SSSR count). The molecule has 0 saturated carbocycles. The summed E-state index contributed by atoms with van der Waals surface area (Å²) in [6.45, 7) is 3.14. The van der Waals surface area contributed by atoms with Gasteiger partial charge in [0.15, 0.2) is 5.78 Å². The van der Waals surface area contributed by atoms with Gasteiger partial charge in [0.1, 0.15) is 0 Å². The van der Waals surface area contributed by atoms with Crippen molar-refractivity contribution in [3.8, 4) is 0 Å². The number of carbonyl (C=O) groups excluding carboxylic acids is 5. The first-order valence-corrected chi connectivity index (χ1v) is 7.60. The quantitative estimate of drug-likeness (QED) is 0.354. The van der Waals surface area contributed by atoms with Crippen LogP contribution in [0.4, 0.5) is 0 Å². The lowest BCUT2D eigenvalue weighted by molar-refractivity contribution is -0.150. The molecule has 2 aliphatic rings. The molecule has 0 unspecified atom stereocenters. The molecule has 130 valence electrons. The highest BCUT2D eigenvalue weighted by Crippen LogP contribution is 2.25. The standard InChI is InChI=1S/C19H12O7/c1-3-4-11-13(18(23)25-16(11)21)7-9(2)15(20)10-5-6-12-14(8-10)19(24)26-17(12)22/h3-8H,1-2H3/b4-3-,9-7+. The maximum absolute atomic E-state index is 12.6. The lowest BCUT2D eigenvalue weighted by Crippen LogP contribution is -2.05. The second kappa shape index (κ2) is 6.36. The lowest BCUT2D eigenvalue weighted by Gasteiger charge is -2.03. The minimum atomic E-state index is -0.835. The van der Waals surface area contributed by atoms with E-state index >= 15 is 0 Å². The minimum absolute atomic E-state index is 0.0120. The van der Waals surface area contributed by atoms with Crippen LogP contribution in [0.25, 0.3) is 0 Å². The van der Waals surface area contributed by atoms with Crippen LogP contribution in [0, 0.1) is 0 Å². The van der Waals surface area contributed by atoms with Crippen LogP contribution in [-0.2, 0) is 19.1 Å². The Morgan fingerprint density at radius 2 is 1.50 bits per heavy atom. The highest BCUT2D eigenvalue weighted by atomic mass is 16.6. The van der Waals surface area contributed by atoms with Gasteiger partial charge in [-0.15, -0.1) is 0 Å². The Kier molecular flexibility index (Phi) is 4.21. The first-order valence-electron chi connectivity index (χ1n) is 7.60. The fourth-order valence-electron chi connectivity index (χ4n) is 2.61. The van der Waals surface area contributed by atoms with Gasteiger partial charge in [0, 0.05) is 5.56 Å². The van der Waals surface area contributed by atoms with Gasteiger partial charge in [-0.2, -0.15) is 0 Å². The predicted molar refractivity (Wildman–Crippen MR) is 87.2 cm³/mol. The van der Waals surface area contributed by atoms with Gasteiger partial charge >= 0.3 is 23.9 Å². The number of rotatable bonds is 4. The Labute approximate surface area is 147 Å². The normalized spacial score (nSPS) is 17.1. The van der Waals surface area contributed by atoms with Crippen molar-refractivity contribution in [3.63, 3.8) is 0 Å². The molecule has 0 amide bonds. The topological polar surface area (TPSA) is 104 Å². The first-order chi connectivity index (χ1) is 12.3. The third-order valence-electron chi connectivity index (χ3n) is 3.87. The molecule has 0 N–H and O–H groups in total. The molecule has 2 heterocycles. The van der Waals surface area contributed by atoms with Gasteiger partial charge < -0.3 is 9.47 Å². The summed E-state index contributed by atoms with van der Waals surface area (Å²) in [6.07, 6.45) is 4.26. The molecule has 7 nitrogen and oxygen atoms in total. The molecule has 26 heavy (non-hydrogen) atoms. The van der Waals surface area contributed by atoms with E-state index in [1.54, 1.807) is 13.0 Å². The molecule has 0 spiro atoms. The summed E-state index contributed by atoms with van der Waals surface area (Å²) in [6, 6.07) is 3.99. The Morgan fingerprint density at radius 3 is 2.19 bits per heavy atom. The molecule has 0 fully saturated rings. The lowest BCUT2D eigenvalue weighted by atomic mass is 9.97. The van der Waals surface area contributed by atoms with Gasteiger partial charge in [0.25, 0.3) is 0 Å². The molecule has 1 aromatic carbocycles. The zero-order chi connectivity index (χ0) is 19.0. The zero-order valence-corrected chi connectivity index (χ0v) is 13.8. The molecule has 0 saturated heterocycles. The van der Waals surface area contributed by atoms with Crippen molar-refractivity contribution in [2.75, 3.05) is 0 Å². The smallest absolute Gasteiger partial charge is 0.346 e. The Morgan fingerprint density at radius 1 is 0.885 bits per heavy atom. The number of carbonyl (C=O) groups is 5. The summed E-state index contributed by atoms with van der Waals surface area (Å²) in [5.74, 6) is -3.66. The Hall–Kier alpha value is -3.61. The third kappa shape index (κ3) is 2.79. The van der Waals surface area contributed by atoms with Crippen LogP contribution in [0.1, 0.15) is 44.9 Å². The monoisotopic (exact) mass is 352 g/mol. The number of fused-ring (bicyclic) bond motifs is 1. The molecule has 7 heteroatoms. The number of benzene rings is 1. The molecule has 0 atom stereocenters. The largest absolute Gasteiger partial charge is 0.386 e. The molecule has 1 aromatic rings. The number of hydrogen-bond donors (Lipinski definition) is 0. The number of allylic oxidation sites excluding steroid dienone is 2. The highest BCUT2D eigenvalue weighted by molar-refractivity contribution is 6.19. The van der Waals surface area contributed by atoms with E-state index in [9.17, 15) is 24.0 Å². The molecule has 0 radical (unpaired) electrons. The van der Waals surface area contributed by atoms with Gasteiger partial charge in [-0.3, -0.25) is 4.79 Å². The van der Waals surface area contributed by atoms with Gasteiger partial charge in [-0.1, -0.05) is 18.2 Å². The third-order valence-corrected chi connectivity index (χ3v) is 3.87. The van der Waals surface area contributed by atoms with Crippen LogP contribution < -0.4 is 0 Å². The van der Waals surface area contributed by atoms with Crippen molar-refractivity contribution in [3.05, 3.63) is 69.8 Å². The van der Waals surface area contributed by atoms with Crippen LogP contribution in [0.3, 0.4) is 0 Å². The second-order valence-corrected chi connectivity index (χ2v) is 5.60. The van der Waals surface area contributed by atoms with E-state index in [0.29, 0.717) is 0 Å². The van der Waals surface area contributed by atoms with Gasteiger partial charge in [0.05, 0.1) is 22.3 Å². The number of Topliss-reactive ketones (excluding diaryl/α,β-unsaturated/α-hetero) is 1. The number of hydrogen-bond acceptors (Lipinski definition) is 7. The van der Waals surface area contributed by atoms with Gasteiger partial charge in [0.2, 0.25) is 0 Å². The molecule has 0 aliphatic carbocycles. The minimum Gasteiger partial charge on any atom is -0.386 e. The fraction of sp³-hybridized carbons (Fsp3) is 0.105. The maximum atomic E-state index is 12.6. The van der Waals surface area contributed by atoms with Crippen LogP contribution in [-0.4, -0.2) is 29.7 Å². The SMILES string of the molecule is C/C=C\C1=C(/C=C(\C)C(=O)c2ccc3c(c2)C(=O)OC3=O)C(=O)OC1=O. The Bertz CT molecular complexity index is 989. The van der Waals surface area contributed by atoms with E-state index < -0.39 is 29.7 Å². The number of esters is 4. The summed E-state index contributed by atoms with van der Waals surface area (Å²) in [5, 5.41) is 0. The summed E-state index contributed by atoms with van der Waals surface area (Å²) >= 11 is 0. The van der Waals surface area contributed by atoms with Gasteiger partial charge in [-0.05, 0) is 37.6 Å². The number of cyclic esters (lactones) is 4. The van der Waals surface area contributed by atoms with Gasteiger partial charge in [-0.25, -0.2) is 19.2 Å². The average molecular weight is 352 g/mol. The van der Waals surface area contributed by atoms with E-state index in [1.807, 2.05) is 0 Å². The molecular weight excluding hydrogens is 340 g/mol. The molecule has 2 aliphatic heterocycles. The summed E-state index contributed by atoms with van der Waals surface area (Å²) in [5.41, 5.74) is 0.456. The van der Waals surface area contributed by atoms with Crippen molar-refractivity contribution in [1.29, 1.82) is 0 Å². The fourth-order valence-corrected chi connectivity index (χ4v) is 2.61. The molecular formula is C19H12O7. The zero-order valence-electron chi connectivity index (χ0n) is 13.8. The predicted octanol–water partition coefficient (Wildman–Crippen LogP) is 2.08. The maximum Gasteiger partial charge on any atom is 0.346 e. The summed E-state index contributed by atoms with van der Waals surface area (Å²) < 4.78 is 9.04. The number of ether oxygens (including phenoxy) is 2. The highest BCUT2D eigenvalue weighted by Gasteiger charge is 2.32. The van der Waals surface area contributed by atoms with Crippen molar-refractivity contribution < 1.29 is 33.4 Å². The van der Waals surface area contributed by atoms with E-state index in [0.717, 1.165) is 0 Å². The van der Waals surface area contributed by atoms with E-state index in [-0.39, 0.29) is 33.4 Å². The number of ketones is 1. The van der Waals surface area contributed by atoms with Crippen molar-refractivity contribution in [1.82, 2.24) is 0 Å².